The second-order valence-electron chi connectivity index (χ2n) is 4.79. The summed E-state index contributed by atoms with van der Waals surface area (Å²) in [6.07, 6.45) is 9.55. The van der Waals surface area contributed by atoms with Gasteiger partial charge in [0.2, 0.25) is 0 Å². The zero-order chi connectivity index (χ0) is 10.7. The standard InChI is InChI=1S/C12H19ClN2/c1-15-11(5-9-14-15)4-8-12(10-13)6-2-3-7-12/h5,9H,2-4,6-8,10H2,1H3. The van der Waals surface area contributed by atoms with Gasteiger partial charge in [0.25, 0.3) is 0 Å². The molecule has 15 heavy (non-hydrogen) atoms. The van der Waals surface area contributed by atoms with Crippen molar-refractivity contribution in [3.05, 3.63) is 18.0 Å². The molecule has 2 nitrogen and oxygen atoms in total. The average Bonchev–Trinajstić information content (AvgIpc) is 2.85. The molecular weight excluding hydrogens is 208 g/mol. The molecule has 1 saturated carbocycles. The van der Waals surface area contributed by atoms with Gasteiger partial charge in [0, 0.05) is 24.8 Å². The summed E-state index contributed by atoms with van der Waals surface area (Å²) in [5, 5.41) is 4.19. The molecule has 0 N–H and O–H groups in total. The molecule has 0 bridgehead atoms. The summed E-state index contributed by atoms with van der Waals surface area (Å²) in [6, 6.07) is 2.11. The van der Waals surface area contributed by atoms with Crippen LogP contribution < -0.4 is 0 Å². The van der Waals surface area contributed by atoms with Crippen LogP contribution in [0.3, 0.4) is 0 Å². The lowest BCUT2D eigenvalue weighted by atomic mass is 9.83. The van der Waals surface area contributed by atoms with Gasteiger partial charge in [-0.25, -0.2) is 0 Å². The van der Waals surface area contributed by atoms with Gasteiger partial charge in [0.05, 0.1) is 0 Å². The quantitative estimate of drug-likeness (QED) is 0.722. The number of hydrogen-bond acceptors (Lipinski definition) is 1. The number of rotatable bonds is 4. The molecule has 1 aliphatic carbocycles. The van der Waals surface area contributed by atoms with Crippen LogP contribution in [0.25, 0.3) is 0 Å². The number of hydrogen-bond donors (Lipinski definition) is 0. The van der Waals surface area contributed by atoms with E-state index in [9.17, 15) is 0 Å². The second kappa shape index (κ2) is 4.56. The van der Waals surface area contributed by atoms with E-state index in [1.54, 1.807) is 0 Å². The normalized spacial score (nSPS) is 19.6. The van der Waals surface area contributed by atoms with Crippen molar-refractivity contribution in [1.82, 2.24) is 9.78 Å². The Morgan fingerprint density at radius 3 is 2.73 bits per heavy atom. The van der Waals surface area contributed by atoms with Crippen molar-refractivity contribution in [1.29, 1.82) is 0 Å². The number of nitrogens with zero attached hydrogens (tertiary/aromatic N) is 2. The van der Waals surface area contributed by atoms with Crippen molar-refractivity contribution >= 4 is 11.6 Å². The summed E-state index contributed by atoms with van der Waals surface area (Å²) in [7, 11) is 2.01. The number of aryl methyl sites for hydroxylation is 2. The van der Waals surface area contributed by atoms with Gasteiger partial charge in [-0.3, -0.25) is 4.68 Å². The van der Waals surface area contributed by atoms with Crippen LogP contribution >= 0.6 is 11.6 Å². The number of aromatic nitrogens is 2. The van der Waals surface area contributed by atoms with Gasteiger partial charge in [-0.2, -0.15) is 5.10 Å². The molecule has 0 spiro atoms. The molecule has 0 saturated heterocycles. The first-order chi connectivity index (χ1) is 7.26. The minimum Gasteiger partial charge on any atom is -0.273 e. The minimum absolute atomic E-state index is 0.422. The van der Waals surface area contributed by atoms with Crippen molar-refractivity contribution < 1.29 is 0 Å². The summed E-state index contributed by atoms with van der Waals surface area (Å²) < 4.78 is 1.97. The zero-order valence-electron chi connectivity index (χ0n) is 9.38. The molecule has 0 radical (unpaired) electrons. The Balaban J connectivity index is 1.94. The fourth-order valence-corrected chi connectivity index (χ4v) is 3.02. The van der Waals surface area contributed by atoms with E-state index in [1.165, 1.54) is 37.8 Å². The van der Waals surface area contributed by atoms with E-state index >= 15 is 0 Å². The Morgan fingerprint density at radius 2 is 2.20 bits per heavy atom. The predicted molar refractivity (Wildman–Crippen MR) is 63.2 cm³/mol. The molecule has 1 heterocycles. The third kappa shape index (κ3) is 2.36. The number of alkyl halides is 1. The van der Waals surface area contributed by atoms with E-state index in [-0.39, 0.29) is 0 Å². The van der Waals surface area contributed by atoms with Crippen LogP contribution in [-0.4, -0.2) is 15.7 Å². The maximum Gasteiger partial charge on any atom is 0.0492 e. The van der Waals surface area contributed by atoms with Crippen molar-refractivity contribution in [2.75, 3.05) is 5.88 Å². The van der Waals surface area contributed by atoms with Gasteiger partial charge in [-0.1, -0.05) is 12.8 Å². The molecular formula is C12H19ClN2. The molecule has 3 heteroatoms. The highest BCUT2D eigenvalue weighted by atomic mass is 35.5. The van der Waals surface area contributed by atoms with Crippen molar-refractivity contribution in [3.8, 4) is 0 Å². The van der Waals surface area contributed by atoms with Crippen LogP contribution in [-0.2, 0) is 13.5 Å². The first-order valence-electron chi connectivity index (χ1n) is 5.79. The molecule has 1 aromatic rings. The largest absolute Gasteiger partial charge is 0.273 e. The summed E-state index contributed by atoms with van der Waals surface area (Å²) >= 11 is 6.12. The number of halogens is 1. The lowest BCUT2D eigenvalue weighted by molar-refractivity contribution is 0.312. The zero-order valence-corrected chi connectivity index (χ0v) is 10.1. The van der Waals surface area contributed by atoms with Gasteiger partial charge in [0.15, 0.2) is 0 Å². The molecule has 0 unspecified atom stereocenters. The Morgan fingerprint density at radius 1 is 1.47 bits per heavy atom. The van der Waals surface area contributed by atoms with Crippen molar-refractivity contribution in [3.63, 3.8) is 0 Å². The Bertz CT molecular complexity index is 313. The van der Waals surface area contributed by atoms with Gasteiger partial charge in [-0.05, 0) is 37.2 Å². The smallest absolute Gasteiger partial charge is 0.0492 e. The van der Waals surface area contributed by atoms with Gasteiger partial charge in [0.1, 0.15) is 0 Å². The van der Waals surface area contributed by atoms with Crippen molar-refractivity contribution in [2.24, 2.45) is 12.5 Å². The Labute approximate surface area is 96.6 Å². The minimum atomic E-state index is 0.422. The fraction of sp³-hybridized carbons (Fsp3) is 0.750. The molecule has 0 amide bonds. The molecule has 1 aliphatic rings. The summed E-state index contributed by atoms with van der Waals surface area (Å²) in [5.41, 5.74) is 1.75. The van der Waals surface area contributed by atoms with E-state index in [2.05, 4.69) is 11.2 Å². The van der Waals surface area contributed by atoms with E-state index in [0.717, 1.165) is 12.3 Å². The predicted octanol–water partition coefficient (Wildman–Crippen LogP) is 3.15. The molecule has 0 aromatic carbocycles. The summed E-state index contributed by atoms with van der Waals surface area (Å²) in [6.45, 7) is 0. The lowest BCUT2D eigenvalue weighted by Gasteiger charge is -2.26. The van der Waals surface area contributed by atoms with Gasteiger partial charge >= 0.3 is 0 Å². The molecule has 1 fully saturated rings. The topological polar surface area (TPSA) is 17.8 Å². The van der Waals surface area contributed by atoms with E-state index in [0.29, 0.717) is 5.41 Å². The molecule has 0 aliphatic heterocycles. The highest BCUT2D eigenvalue weighted by molar-refractivity contribution is 6.18. The Hall–Kier alpha value is -0.500. The van der Waals surface area contributed by atoms with E-state index in [4.69, 9.17) is 11.6 Å². The molecule has 2 rings (SSSR count). The highest BCUT2D eigenvalue weighted by Crippen LogP contribution is 2.42. The lowest BCUT2D eigenvalue weighted by Crippen LogP contribution is -2.20. The first kappa shape index (κ1) is 11.0. The Kier molecular flexibility index (Phi) is 3.35. The maximum absolute atomic E-state index is 6.12. The molecule has 84 valence electrons. The van der Waals surface area contributed by atoms with Crippen LogP contribution in [0.4, 0.5) is 0 Å². The van der Waals surface area contributed by atoms with E-state index < -0.39 is 0 Å². The van der Waals surface area contributed by atoms with Crippen LogP contribution in [0.5, 0.6) is 0 Å². The maximum atomic E-state index is 6.12. The third-order valence-corrected chi connectivity index (χ3v) is 4.35. The molecule has 1 aromatic heterocycles. The monoisotopic (exact) mass is 226 g/mol. The van der Waals surface area contributed by atoms with Crippen LogP contribution in [0.15, 0.2) is 12.3 Å². The van der Waals surface area contributed by atoms with Crippen LogP contribution in [0.2, 0.25) is 0 Å². The van der Waals surface area contributed by atoms with Gasteiger partial charge in [-0.15, -0.1) is 11.6 Å². The fourth-order valence-electron chi connectivity index (χ4n) is 2.62. The first-order valence-corrected chi connectivity index (χ1v) is 6.32. The molecule has 0 atom stereocenters. The highest BCUT2D eigenvalue weighted by Gasteiger charge is 2.32. The average molecular weight is 227 g/mol. The summed E-state index contributed by atoms with van der Waals surface area (Å²) in [4.78, 5) is 0. The van der Waals surface area contributed by atoms with E-state index in [1.807, 2.05) is 17.9 Å². The third-order valence-electron chi connectivity index (χ3n) is 3.78. The van der Waals surface area contributed by atoms with Crippen LogP contribution in [0, 0.1) is 5.41 Å². The SMILES string of the molecule is Cn1nccc1CCC1(CCl)CCCC1. The second-order valence-corrected chi connectivity index (χ2v) is 5.05. The van der Waals surface area contributed by atoms with Crippen LogP contribution in [0.1, 0.15) is 37.8 Å². The van der Waals surface area contributed by atoms with Gasteiger partial charge < -0.3 is 0 Å². The van der Waals surface area contributed by atoms with Crippen molar-refractivity contribution in [2.45, 2.75) is 38.5 Å². The summed E-state index contributed by atoms with van der Waals surface area (Å²) in [5.74, 6) is 0.824.